The van der Waals surface area contributed by atoms with Crippen LogP contribution in [0.5, 0.6) is 0 Å². The van der Waals surface area contributed by atoms with Crippen LogP contribution in [-0.4, -0.2) is 24.3 Å². The first-order chi connectivity index (χ1) is 8.53. The number of carboxylic acids is 1. The number of benzene rings is 1. The van der Waals surface area contributed by atoms with Crippen LogP contribution in [0.4, 0.5) is 0 Å². The van der Waals surface area contributed by atoms with Crippen molar-refractivity contribution in [1.29, 1.82) is 0 Å². The van der Waals surface area contributed by atoms with Crippen molar-refractivity contribution in [3.63, 3.8) is 0 Å². The molecule has 0 bridgehead atoms. The third-order valence-corrected chi connectivity index (χ3v) is 3.77. The molecule has 18 heavy (non-hydrogen) atoms. The van der Waals surface area contributed by atoms with Gasteiger partial charge in [-0.15, -0.1) is 0 Å². The molecular weight excluding hydrogens is 228 g/mol. The molecule has 1 aliphatic heterocycles. The molecule has 2 rings (SSSR count). The maximum Gasteiger partial charge on any atom is 0.303 e. The number of aryl methyl sites for hydroxylation is 2. The summed E-state index contributed by atoms with van der Waals surface area (Å²) in [5, 5.41) is 8.74. The number of aliphatic carboxylic acids is 1. The van der Waals surface area contributed by atoms with Crippen molar-refractivity contribution in [2.75, 3.05) is 13.2 Å². The molecule has 1 N–H and O–H groups in total. The minimum absolute atomic E-state index is 0.0472. The molecule has 3 heteroatoms. The summed E-state index contributed by atoms with van der Waals surface area (Å²) >= 11 is 0. The van der Waals surface area contributed by atoms with E-state index in [2.05, 4.69) is 32.0 Å². The Kier molecular flexibility index (Phi) is 3.71. The molecule has 0 saturated carbocycles. The Morgan fingerprint density at radius 3 is 2.67 bits per heavy atom. The van der Waals surface area contributed by atoms with Crippen molar-refractivity contribution >= 4 is 5.97 Å². The summed E-state index contributed by atoms with van der Waals surface area (Å²) in [5.41, 5.74) is 3.91. The molecule has 0 amide bonds. The quantitative estimate of drug-likeness (QED) is 0.871. The lowest BCUT2D eigenvalue weighted by atomic mass is 9.72. The van der Waals surface area contributed by atoms with Gasteiger partial charge in [-0.05, 0) is 37.8 Å². The number of rotatable bonds is 5. The van der Waals surface area contributed by atoms with E-state index in [1.54, 1.807) is 0 Å². The highest BCUT2D eigenvalue weighted by molar-refractivity contribution is 5.66. The molecule has 3 nitrogen and oxygen atoms in total. The normalized spacial score (nSPS) is 17.2. The van der Waals surface area contributed by atoms with Crippen molar-refractivity contribution in [1.82, 2.24) is 0 Å². The van der Waals surface area contributed by atoms with Crippen LogP contribution < -0.4 is 0 Å². The van der Waals surface area contributed by atoms with Gasteiger partial charge < -0.3 is 9.84 Å². The Morgan fingerprint density at radius 2 is 2.11 bits per heavy atom. The summed E-state index contributed by atoms with van der Waals surface area (Å²) in [6.07, 6.45) is 1.85. The van der Waals surface area contributed by atoms with Gasteiger partial charge in [0.05, 0.1) is 13.2 Å². The lowest BCUT2D eigenvalue weighted by molar-refractivity contribution is -0.137. The highest BCUT2D eigenvalue weighted by atomic mass is 16.5. The van der Waals surface area contributed by atoms with Gasteiger partial charge in [0.15, 0.2) is 0 Å². The standard InChI is InChI=1S/C15H20O3/c1-11-5-6-12(2)13(8-11)15(9-18-10-15)7-3-4-14(16)17/h5-6,8H,3-4,7,9-10H2,1-2H3,(H,16,17). The molecule has 0 unspecified atom stereocenters. The maximum absolute atomic E-state index is 10.6. The van der Waals surface area contributed by atoms with E-state index in [-0.39, 0.29) is 11.8 Å². The van der Waals surface area contributed by atoms with Crippen LogP contribution in [0.1, 0.15) is 36.0 Å². The molecule has 0 aromatic heterocycles. The molecule has 1 fully saturated rings. The first-order valence-electron chi connectivity index (χ1n) is 6.41. The number of carbonyl (C=O) groups is 1. The Balaban J connectivity index is 2.16. The Hall–Kier alpha value is -1.35. The van der Waals surface area contributed by atoms with E-state index in [1.165, 1.54) is 16.7 Å². The van der Waals surface area contributed by atoms with Gasteiger partial charge in [-0.25, -0.2) is 0 Å². The van der Waals surface area contributed by atoms with E-state index >= 15 is 0 Å². The monoisotopic (exact) mass is 248 g/mol. The smallest absolute Gasteiger partial charge is 0.303 e. The molecule has 0 radical (unpaired) electrons. The minimum Gasteiger partial charge on any atom is -0.481 e. The first-order valence-corrected chi connectivity index (χ1v) is 6.41. The van der Waals surface area contributed by atoms with Crippen molar-refractivity contribution in [2.45, 2.75) is 38.5 Å². The van der Waals surface area contributed by atoms with E-state index in [1.807, 2.05) is 0 Å². The van der Waals surface area contributed by atoms with Crippen molar-refractivity contribution in [3.05, 3.63) is 34.9 Å². The van der Waals surface area contributed by atoms with Crippen molar-refractivity contribution in [3.8, 4) is 0 Å². The summed E-state index contributed by atoms with van der Waals surface area (Å²) in [6, 6.07) is 6.48. The number of carboxylic acid groups (broad SMARTS) is 1. The fourth-order valence-corrected chi connectivity index (χ4v) is 2.67. The van der Waals surface area contributed by atoms with Crippen LogP contribution in [0, 0.1) is 13.8 Å². The molecule has 0 spiro atoms. The molecule has 1 aromatic carbocycles. The minimum atomic E-state index is -0.716. The molecule has 98 valence electrons. The van der Waals surface area contributed by atoms with Gasteiger partial charge in [0.2, 0.25) is 0 Å². The molecule has 1 aliphatic rings. The summed E-state index contributed by atoms with van der Waals surface area (Å²) < 4.78 is 5.40. The molecule has 0 atom stereocenters. The van der Waals surface area contributed by atoms with Crippen LogP contribution in [0.3, 0.4) is 0 Å². The van der Waals surface area contributed by atoms with Crippen LogP contribution in [0.2, 0.25) is 0 Å². The zero-order valence-corrected chi connectivity index (χ0v) is 11.0. The molecule has 1 aromatic rings. The maximum atomic E-state index is 10.6. The van der Waals surface area contributed by atoms with Gasteiger partial charge in [0.1, 0.15) is 0 Å². The lowest BCUT2D eigenvalue weighted by Gasteiger charge is -2.43. The highest BCUT2D eigenvalue weighted by Gasteiger charge is 2.40. The van der Waals surface area contributed by atoms with E-state index < -0.39 is 5.97 Å². The second-order valence-corrected chi connectivity index (χ2v) is 5.34. The van der Waals surface area contributed by atoms with Crippen LogP contribution in [0.15, 0.2) is 18.2 Å². The van der Waals surface area contributed by atoms with Crippen LogP contribution in [-0.2, 0) is 14.9 Å². The van der Waals surface area contributed by atoms with Gasteiger partial charge in [-0.1, -0.05) is 23.8 Å². The fourth-order valence-electron chi connectivity index (χ4n) is 2.67. The lowest BCUT2D eigenvalue weighted by Crippen LogP contribution is -2.47. The zero-order chi connectivity index (χ0) is 13.2. The number of hydrogen-bond donors (Lipinski definition) is 1. The second-order valence-electron chi connectivity index (χ2n) is 5.34. The van der Waals surface area contributed by atoms with Crippen molar-refractivity contribution in [2.24, 2.45) is 0 Å². The van der Waals surface area contributed by atoms with E-state index in [4.69, 9.17) is 9.84 Å². The van der Waals surface area contributed by atoms with E-state index in [9.17, 15) is 4.79 Å². The van der Waals surface area contributed by atoms with Crippen molar-refractivity contribution < 1.29 is 14.6 Å². The number of hydrogen-bond acceptors (Lipinski definition) is 2. The Labute approximate surface area is 108 Å². The fraction of sp³-hybridized carbons (Fsp3) is 0.533. The third kappa shape index (κ3) is 2.56. The average Bonchev–Trinajstić information content (AvgIpc) is 2.25. The number of ether oxygens (including phenoxy) is 1. The summed E-state index contributed by atoms with van der Waals surface area (Å²) in [4.78, 5) is 10.6. The van der Waals surface area contributed by atoms with Gasteiger partial charge >= 0.3 is 5.97 Å². The molecule has 1 heterocycles. The zero-order valence-electron chi connectivity index (χ0n) is 11.0. The highest BCUT2D eigenvalue weighted by Crippen LogP contribution is 2.39. The van der Waals surface area contributed by atoms with Gasteiger partial charge in [0.25, 0.3) is 0 Å². The van der Waals surface area contributed by atoms with Gasteiger partial charge in [-0.2, -0.15) is 0 Å². The summed E-state index contributed by atoms with van der Waals surface area (Å²) in [7, 11) is 0. The SMILES string of the molecule is Cc1ccc(C)c(C2(CCCC(=O)O)COC2)c1. The molecule has 1 saturated heterocycles. The summed E-state index contributed by atoms with van der Waals surface area (Å²) in [5.74, 6) is -0.716. The summed E-state index contributed by atoms with van der Waals surface area (Å²) in [6.45, 7) is 5.65. The largest absolute Gasteiger partial charge is 0.481 e. The van der Waals surface area contributed by atoms with E-state index in [0.29, 0.717) is 6.42 Å². The molecular formula is C15H20O3. The van der Waals surface area contributed by atoms with E-state index in [0.717, 1.165) is 19.6 Å². The van der Waals surface area contributed by atoms with Gasteiger partial charge in [0, 0.05) is 11.8 Å². The Morgan fingerprint density at radius 1 is 1.39 bits per heavy atom. The molecule has 0 aliphatic carbocycles. The predicted octanol–water partition coefficient (Wildman–Crippen LogP) is 2.83. The van der Waals surface area contributed by atoms with Crippen LogP contribution >= 0.6 is 0 Å². The Bertz CT molecular complexity index is 447. The van der Waals surface area contributed by atoms with Crippen LogP contribution in [0.25, 0.3) is 0 Å². The first kappa shape index (κ1) is 13.1. The average molecular weight is 248 g/mol. The topological polar surface area (TPSA) is 46.5 Å². The second kappa shape index (κ2) is 5.11. The van der Waals surface area contributed by atoms with Gasteiger partial charge in [-0.3, -0.25) is 4.79 Å². The predicted molar refractivity (Wildman–Crippen MR) is 69.9 cm³/mol. The third-order valence-electron chi connectivity index (χ3n) is 3.77.